The number of methoxy groups -OCH3 is 1. The van der Waals surface area contributed by atoms with Crippen molar-refractivity contribution in [1.82, 2.24) is 4.72 Å². The zero-order valence-corrected chi connectivity index (χ0v) is 20.7. The number of sulfonamides is 1. The van der Waals surface area contributed by atoms with Gasteiger partial charge in [-0.1, -0.05) is 43.4 Å². The van der Waals surface area contributed by atoms with Crippen molar-refractivity contribution in [2.75, 3.05) is 20.0 Å². The second-order valence-corrected chi connectivity index (χ2v) is 10.2. The van der Waals surface area contributed by atoms with Gasteiger partial charge >= 0.3 is 0 Å². The highest BCUT2D eigenvalue weighted by Gasteiger charge is 2.38. The van der Waals surface area contributed by atoms with E-state index < -0.39 is 21.5 Å². The molecule has 0 spiro atoms. The van der Waals surface area contributed by atoms with E-state index in [4.69, 9.17) is 26.8 Å². The number of amides is 1. The molecule has 0 unspecified atom stereocenters. The van der Waals surface area contributed by atoms with Gasteiger partial charge in [0, 0.05) is 10.6 Å². The van der Waals surface area contributed by atoms with Crippen LogP contribution in [0, 0.1) is 17.8 Å². The third-order valence-corrected chi connectivity index (χ3v) is 5.97. The van der Waals surface area contributed by atoms with Crippen LogP contribution in [-0.2, 0) is 21.2 Å². The van der Waals surface area contributed by atoms with Crippen LogP contribution in [0.2, 0.25) is 5.02 Å². The van der Waals surface area contributed by atoms with Gasteiger partial charge < -0.3 is 15.2 Å². The molecule has 0 aromatic heterocycles. The van der Waals surface area contributed by atoms with E-state index in [-0.39, 0.29) is 18.9 Å². The molecule has 3 N–H and O–H groups in total. The molecule has 9 heteroatoms. The maximum atomic E-state index is 12.5. The largest absolute Gasteiger partial charge is 0.493 e. The van der Waals surface area contributed by atoms with Crippen molar-refractivity contribution in [2.45, 2.75) is 32.2 Å². The number of hydrogen-bond acceptors (Lipinski definition) is 6. The summed E-state index contributed by atoms with van der Waals surface area (Å²) >= 11 is 5.86. The maximum absolute atomic E-state index is 12.5. The number of aryl methyl sites for hydroxylation is 1. The van der Waals surface area contributed by atoms with Crippen LogP contribution in [0.15, 0.2) is 42.5 Å². The molecule has 0 saturated heterocycles. The molecule has 2 aromatic carbocycles. The summed E-state index contributed by atoms with van der Waals surface area (Å²) in [7, 11) is -2.17. The summed E-state index contributed by atoms with van der Waals surface area (Å²) in [5, 5.41) is 0.651. The molecule has 0 saturated carbocycles. The lowest BCUT2D eigenvalue weighted by Gasteiger charge is -2.31. The summed E-state index contributed by atoms with van der Waals surface area (Å²) in [5.41, 5.74) is 6.68. The predicted octanol–water partition coefficient (Wildman–Crippen LogP) is 3.14. The van der Waals surface area contributed by atoms with E-state index in [9.17, 15) is 13.2 Å². The molecule has 2 aromatic rings. The molecule has 0 heterocycles. The number of carbonyl (C=O) groups is 1. The standard InChI is InChI=1S/C24H29ClN2O5S/c1-17(2)24(26,23(28)27-33(4,29)30)14-13-19-9-12-21(22(16-19)31-3)32-15-5-6-18-7-10-20(25)11-8-18/h7-12,16-17H,13-15,26H2,1-4H3,(H,27,28)/t24-/m0/s1. The Morgan fingerprint density at radius 1 is 1.18 bits per heavy atom. The molecule has 0 bridgehead atoms. The van der Waals surface area contributed by atoms with Gasteiger partial charge in [0.15, 0.2) is 11.5 Å². The van der Waals surface area contributed by atoms with Crippen LogP contribution in [0.1, 0.15) is 31.4 Å². The predicted molar refractivity (Wildman–Crippen MR) is 130 cm³/mol. The van der Waals surface area contributed by atoms with Crippen molar-refractivity contribution < 1.29 is 22.7 Å². The Morgan fingerprint density at radius 3 is 2.42 bits per heavy atom. The second-order valence-electron chi connectivity index (χ2n) is 7.98. The SMILES string of the molecule is COc1cc(CC[C@@](N)(C(=O)NS(C)(=O)=O)C(C)C)ccc1OCC#Cc1ccc(Cl)cc1. The van der Waals surface area contributed by atoms with E-state index >= 15 is 0 Å². The molecule has 0 aliphatic rings. The number of carbonyl (C=O) groups excluding carboxylic acids is 1. The van der Waals surface area contributed by atoms with Crippen molar-refractivity contribution in [3.8, 4) is 23.3 Å². The van der Waals surface area contributed by atoms with Gasteiger partial charge in [0.2, 0.25) is 10.0 Å². The average Bonchev–Trinajstić information content (AvgIpc) is 2.75. The Balaban J connectivity index is 2.06. The molecule has 0 radical (unpaired) electrons. The summed E-state index contributed by atoms with van der Waals surface area (Å²) in [5.74, 6) is 6.00. The van der Waals surface area contributed by atoms with Gasteiger partial charge in [-0.05, 0) is 60.7 Å². The number of halogens is 1. The zero-order valence-electron chi connectivity index (χ0n) is 19.1. The van der Waals surface area contributed by atoms with Gasteiger partial charge in [-0.2, -0.15) is 0 Å². The minimum Gasteiger partial charge on any atom is -0.493 e. The highest BCUT2D eigenvalue weighted by molar-refractivity contribution is 7.89. The fourth-order valence-corrected chi connectivity index (χ4v) is 3.70. The first kappa shape index (κ1) is 26.5. The van der Waals surface area contributed by atoms with Gasteiger partial charge in [-0.15, -0.1) is 0 Å². The Kier molecular flexibility index (Phi) is 9.17. The molecule has 7 nitrogen and oxygen atoms in total. The van der Waals surface area contributed by atoms with Gasteiger partial charge in [0.1, 0.15) is 6.61 Å². The molecule has 0 aliphatic carbocycles. The fraction of sp³-hybridized carbons (Fsp3) is 0.375. The van der Waals surface area contributed by atoms with Crippen LogP contribution in [0.5, 0.6) is 11.5 Å². The lowest BCUT2D eigenvalue weighted by atomic mass is 9.81. The Bertz CT molecular complexity index is 1140. The van der Waals surface area contributed by atoms with Crippen LogP contribution in [0.4, 0.5) is 0 Å². The first-order chi connectivity index (χ1) is 15.4. The van der Waals surface area contributed by atoms with Gasteiger partial charge in [0.05, 0.1) is 18.9 Å². The topological polar surface area (TPSA) is 108 Å². The smallest absolute Gasteiger partial charge is 0.253 e. The van der Waals surface area contributed by atoms with Crippen LogP contribution >= 0.6 is 11.6 Å². The van der Waals surface area contributed by atoms with E-state index in [0.29, 0.717) is 22.9 Å². The monoisotopic (exact) mass is 492 g/mol. The quantitative estimate of drug-likeness (QED) is 0.521. The Hall–Kier alpha value is -2.73. The molecule has 0 aliphatic heterocycles. The summed E-state index contributed by atoms with van der Waals surface area (Å²) < 4.78 is 36.1. The molecule has 33 heavy (non-hydrogen) atoms. The van der Waals surface area contributed by atoms with Crippen molar-refractivity contribution >= 4 is 27.5 Å². The molecule has 1 atom stereocenters. The first-order valence-corrected chi connectivity index (χ1v) is 12.6. The summed E-state index contributed by atoms with van der Waals surface area (Å²) in [6, 6.07) is 12.6. The number of nitrogens with one attached hydrogen (secondary N) is 1. The molecular formula is C24H29ClN2O5S. The van der Waals surface area contributed by atoms with E-state index in [2.05, 4.69) is 11.8 Å². The summed E-state index contributed by atoms with van der Waals surface area (Å²) in [6.45, 7) is 3.73. The fourth-order valence-electron chi connectivity index (χ4n) is 3.05. The van der Waals surface area contributed by atoms with E-state index in [1.807, 2.05) is 22.9 Å². The number of hydrogen-bond donors (Lipinski definition) is 2. The van der Waals surface area contributed by atoms with Gasteiger partial charge in [0.25, 0.3) is 5.91 Å². The lowest BCUT2D eigenvalue weighted by molar-refractivity contribution is -0.126. The van der Waals surface area contributed by atoms with Crippen molar-refractivity contribution in [3.05, 3.63) is 58.6 Å². The van der Waals surface area contributed by atoms with Crippen LogP contribution in [0.3, 0.4) is 0 Å². The highest BCUT2D eigenvalue weighted by Crippen LogP contribution is 2.30. The molecular weight excluding hydrogens is 464 g/mol. The van der Waals surface area contributed by atoms with Crippen molar-refractivity contribution in [1.29, 1.82) is 0 Å². The average molecular weight is 493 g/mol. The minimum atomic E-state index is -3.70. The third-order valence-electron chi connectivity index (χ3n) is 5.16. The molecule has 178 valence electrons. The summed E-state index contributed by atoms with van der Waals surface area (Å²) in [6.07, 6.45) is 1.62. The maximum Gasteiger partial charge on any atom is 0.253 e. The Labute approximate surface area is 200 Å². The van der Waals surface area contributed by atoms with Gasteiger partial charge in [-0.3, -0.25) is 9.52 Å². The van der Waals surface area contributed by atoms with E-state index in [1.165, 1.54) is 7.11 Å². The highest BCUT2D eigenvalue weighted by atomic mass is 35.5. The van der Waals surface area contributed by atoms with Crippen molar-refractivity contribution in [2.24, 2.45) is 11.7 Å². The third kappa shape index (κ3) is 7.97. The first-order valence-electron chi connectivity index (χ1n) is 10.3. The zero-order chi connectivity index (χ0) is 24.6. The number of nitrogens with two attached hydrogens (primary N) is 1. The van der Waals surface area contributed by atoms with Crippen molar-refractivity contribution in [3.63, 3.8) is 0 Å². The van der Waals surface area contributed by atoms with E-state index in [0.717, 1.165) is 17.4 Å². The minimum absolute atomic E-state index is 0.170. The second kappa shape index (κ2) is 11.4. The van der Waals surface area contributed by atoms with Crippen LogP contribution in [0.25, 0.3) is 0 Å². The molecule has 2 rings (SSSR count). The van der Waals surface area contributed by atoms with Gasteiger partial charge in [-0.25, -0.2) is 8.42 Å². The number of rotatable bonds is 9. The molecule has 0 fully saturated rings. The number of ether oxygens (including phenoxy) is 2. The summed E-state index contributed by atoms with van der Waals surface area (Å²) in [4.78, 5) is 12.5. The van der Waals surface area contributed by atoms with E-state index in [1.54, 1.807) is 38.1 Å². The lowest BCUT2D eigenvalue weighted by Crippen LogP contribution is -2.58. The Morgan fingerprint density at radius 2 is 1.85 bits per heavy atom. The number of benzene rings is 2. The molecule has 1 amide bonds. The van der Waals surface area contributed by atoms with Crippen LogP contribution in [-0.4, -0.2) is 39.8 Å². The van der Waals surface area contributed by atoms with Crippen LogP contribution < -0.4 is 19.9 Å². The normalized spacial score (nSPS) is 12.9.